The molecule has 3 aromatic rings. The molecule has 1 aromatic heterocycles. The molecule has 1 aliphatic heterocycles. The average molecular weight is 430 g/mol. The summed E-state index contributed by atoms with van der Waals surface area (Å²) in [5.41, 5.74) is 0.519. The van der Waals surface area contributed by atoms with E-state index < -0.39 is 29.0 Å². The van der Waals surface area contributed by atoms with Crippen LogP contribution in [0.5, 0.6) is 0 Å². The second-order valence-electron chi connectivity index (χ2n) is 7.21. The lowest BCUT2D eigenvalue weighted by atomic mass is 10.1. The van der Waals surface area contributed by atoms with E-state index in [9.17, 15) is 24.0 Å². The number of anilines is 2. The molecule has 0 saturated heterocycles. The van der Waals surface area contributed by atoms with Crippen molar-refractivity contribution in [2.75, 3.05) is 10.2 Å². The van der Waals surface area contributed by atoms with Gasteiger partial charge in [-0.1, -0.05) is 18.2 Å². The first kappa shape index (κ1) is 20.7. The Balaban J connectivity index is 1.54. The largest absolute Gasteiger partial charge is 0.330 e. The number of hydrogen-bond donors (Lipinski definition) is 1. The fourth-order valence-electron chi connectivity index (χ4n) is 3.45. The van der Waals surface area contributed by atoms with Crippen molar-refractivity contribution in [2.45, 2.75) is 0 Å². The molecule has 0 saturated carbocycles. The molecule has 1 aliphatic rings. The van der Waals surface area contributed by atoms with Crippen LogP contribution < -0.4 is 21.5 Å². The molecule has 160 valence electrons. The molecule has 32 heavy (non-hydrogen) atoms. The lowest BCUT2D eigenvalue weighted by molar-refractivity contribution is -0.111. The Morgan fingerprint density at radius 2 is 1.56 bits per heavy atom. The predicted molar refractivity (Wildman–Crippen MR) is 119 cm³/mol. The summed E-state index contributed by atoms with van der Waals surface area (Å²) in [6.45, 7) is 0. The molecule has 2 heterocycles. The molecule has 3 amide bonds. The normalized spacial score (nSPS) is 13.0. The zero-order valence-corrected chi connectivity index (χ0v) is 17.2. The molecule has 0 bridgehead atoms. The smallest absolute Gasteiger partial charge is 0.322 e. The summed E-state index contributed by atoms with van der Waals surface area (Å²) in [4.78, 5) is 62.6. The van der Waals surface area contributed by atoms with Gasteiger partial charge in [0.2, 0.25) is 5.91 Å². The molecule has 0 atom stereocenters. The highest BCUT2D eigenvalue weighted by atomic mass is 16.2. The third-order valence-corrected chi connectivity index (χ3v) is 5.05. The van der Waals surface area contributed by atoms with Gasteiger partial charge in [-0.2, -0.15) is 0 Å². The highest BCUT2D eigenvalue weighted by molar-refractivity contribution is 6.34. The van der Waals surface area contributed by atoms with Crippen LogP contribution in [0.1, 0.15) is 26.3 Å². The number of fused-ring (bicyclic) bond motifs is 1. The summed E-state index contributed by atoms with van der Waals surface area (Å²) in [6, 6.07) is 12.9. The van der Waals surface area contributed by atoms with E-state index in [0.717, 1.165) is 15.5 Å². The number of amides is 3. The van der Waals surface area contributed by atoms with Crippen LogP contribution in [0.2, 0.25) is 0 Å². The van der Waals surface area contributed by atoms with Gasteiger partial charge < -0.3 is 9.88 Å². The molecule has 0 radical (unpaired) electrons. The van der Waals surface area contributed by atoms with Gasteiger partial charge in [0.05, 0.1) is 22.4 Å². The van der Waals surface area contributed by atoms with Gasteiger partial charge >= 0.3 is 5.69 Å². The zero-order chi connectivity index (χ0) is 23.0. The summed E-state index contributed by atoms with van der Waals surface area (Å²) in [7, 11) is 2.86. The van der Waals surface area contributed by atoms with Gasteiger partial charge in [0, 0.05) is 32.1 Å². The van der Waals surface area contributed by atoms with Crippen LogP contribution in [0.4, 0.5) is 11.4 Å². The molecular weight excluding hydrogens is 412 g/mol. The number of hydrogen-bond acceptors (Lipinski definition) is 5. The van der Waals surface area contributed by atoms with Gasteiger partial charge in [0.15, 0.2) is 0 Å². The second-order valence-corrected chi connectivity index (χ2v) is 7.21. The number of aromatic nitrogens is 2. The van der Waals surface area contributed by atoms with E-state index >= 15 is 0 Å². The summed E-state index contributed by atoms with van der Waals surface area (Å²) >= 11 is 0. The highest BCUT2D eigenvalue weighted by Crippen LogP contribution is 2.29. The second kappa shape index (κ2) is 7.95. The van der Waals surface area contributed by atoms with E-state index in [0.29, 0.717) is 22.5 Å². The van der Waals surface area contributed by atoms with Gasteiger partial charge in [-0.05, 0) is 36.4 Å². The molecule has 0 unspecified atom stereocenters. The SMILES string of the molecule is Cn1cc(/C=C/C(=O)Nc2cccc(N3C(=O)c4ccccc4C3=O)c2)c(=O)n(C)c1=O. The molecule has 2 aromatic carbocycles. The molecule has 1 N–H and O–H groups in total. The van der Waals surface area contributed by atoms with Gasteiger partial charge in [-0.25, -0.2) is 9.69 Å². The summed E-state index contributed by atoms with van der Waals surface area (Å²) in [5, 5.41) is 2.63. The first-order chi connectivity index (χ1) is 15.3. The van der Waals surface area contributed by atoms with Gasteiger partial charge in [0.1, 0.15) is 0 Å². The Labute approximate surface area is 181 Å². The number of imide groups is 1. The summed E-state index contributed by atoms with van der Waals surface area (Å²) < 4.78 is 2.19. The first-order valence-corrected chi connectivity index (χ1v) is 9.61. The number of rotatable bonds is 4. The molecule has 0 fully saturated rings. The van der Waals surface area contributed by atoms with Crippen molar-refractivity contribution in [3.63, 3.8) is 0 Å². The molecule has 4 rings (SSSR count). The number of nitrogens with one attached hydrogen (secondary N) is 1. The Hall–Kier alpha value is -4.53. The van der Waals surface area contributed by atoms with Crippen LogP contribution in [0.15, 0.2) is 70.4 Å². The minimum atomic E-state index is -0.527. The quantitative estimate of drug-likeness (QED) is 0.499. The molecule has 9 heteroatoms. The predicted octanol–water partition coefficient (Wildman–Crippen LogP) is 1.54. The van der Waals surface area contributed by atoms with Gasteiger partial charge in [0.25, 0.3) is 17.4 Å². The van der Waals surface area contributed by atoms with Gasteiger partial charge in [-0.15, -0.1) is 0 Å². The number of aryl methyl sites for hydroxylation is 1. The fourth-order valence-corrected chi connectivity index (χ4v) is 3.45. The third kappa shape index (κ3) is 3.56. The van der Waals surface area contributed by atoms with Gasteiger partial charge in [-0.3, -0.25) is 23.7 Å². The lowest BCUT2D eigenvalue weighted by Gasteiger charge is -2.15. The standard InChI is InChI=1S/C23H18N4O5/c1-25-13-14(20(29)26(2)23(25)32)10-11-19(28)24-15-6-5-7-16(12-15)27-21(30)17-8-3-4-9-18(17)22(27)31/h3-13H,1-2H3,(H,24,28)/b11-10+. The minimum Gasteiger partial charge on any atom is -0.322 e. The fraction of sp³-hybridized carbons (Fsp3) is 0.0870. The number of carbonyl (C=O) groups is 3. The van der Waals surface area contributed by atoms with Crippen molar-refractivity contribution in [3.8, 4) is 0 Å². The van der Waals surface area contributed by atoms with Crippen molar-refractivity contribution in [1.82, 2.24) is 9.13 Å². The monoisotopic (exact) mass is 430 g/mol. The molecule has 0 spiro atoms. The number of benzene rings is 2. The number of carbonyl (C=O) groups excluding carboxylic acids is 3. The summed E-state index contributed by atoms with van der Waals surface area (Å²) in [5.74, 6) is -1.39. The summed E-state index contributed by atoms with van der Waals surface area (Å²) in [6.07, 6.45) is 3.82. The van der Waals surface area contributed by atoms with Crippen molar-refractivity contribution in [3.05, 3.63) is 98.3 Å². The highest BCUT2D eigenvalue weighted by Gasteiger charge is 2.36. The van der Waals surface area contributed by atoms with Crippen LogP contribution in [0, 0.1) is 0 Å². The molecular formula is C23H18N4O5. The Bertz CT molecular complexity index is 1400. The van der Waals surface area contributed by atoms with Crippen LogP contribution in [0.3, 0.4) is 0 Å². The lowest BCUT2D eigenvalue weighted by Crippen LogP contribution is -2.37. The van der Waals surface area contributed by atoms with E-state index in [4.69, 9.17) is 0 Å². The maximum atomic E-state index is 12.7. The molecule has 0 aliphatic carbocycles. The molecule has 9 nitrogen and oxygen atoms in total. The minimum absolute atomic E-state index is 0.171. The Kier molecular flexibility index (Phi) is 5.15. The van der Waals surface area contributed by atoms with Crippen molar-refractivity contribution in [2.24, 2.45) is 14.1 Å². The third-order valence-electron chi connectivity index (χ3n) is 5.05. The van der Waals surface area contributed by atoms with E-state index in [-0.39, 0.29) is 5.56 Å². The van der Waals surface area contributed by atoms with E-state index in [1.165, 1.54) is 37.0 Å². The Morgan fingerprint density at radius 1 is 0.906 bits per heavy atom. The topological polar surface area (TPSA) is 110 Å². The van der Waals surface area contributed by atoms with Crippen LogP contribution in [0.25, 0.3) is 6.08 Å². The first-order valence-electron chi connectivity index (χ1n) is 9.61. The van der Waals surface area contributed by atoms with E-state index in [2.05, 4.69) is 5.32 Å². The van der Waals surface area contributed by atoms with Crippen molar-refractivity contribution >= 4 is 35.2 Å². The van der Waals surface area contributed by atoms with Crippen LogP contribution >= 0.6 is 0 Å². The zero-order valence-electron chi connectivity index (χ0n) is 17.2. The van der Waals surface area contributed by atoms with Crippen LogP contribution in [-0.4, -0.2) is 26.9 Å². The van der Waals surface area contributed by atoms with Crippen LogP contribution in [-0.2, 0) is 18.9 Å². The maximum absolute atomic E-state index is 12.7. The van der Waals surface area contributed by atoms with E-state index in [1.807, 2.05) is 0 Å². The number of nitrogens with zero attached hydrogens (tertiary/aromatic N) is 3. The van der Waals surface area contributed by atoms with Crippen molar-refractivity contribution < 1.29 is 14.4 Å². The van der Waals surface area contributed by atoms with Crippen molar-refractivity contribution in [1.29, 1.82) is 0 Å². The average Bonchev–Trinajstić information content (AvgIpc) is 3.04. The maximum Gasteiger partial charge on any atom is 0.330 e. The Morgan fingerprint density at radius 3 is 2.22 bits per heavy atom. The van der Waals surface area contributed by atoms with E-state index in [1.54, 1.807) is 42.5 Å².